The van der Waals surface area contributed by atoms with Gasteiger partial charge in [0.1, 0.15) is 5.15 Å². The molecule has 0 radical (unpaired) electrons. The molecule has 1 N–H and O–H groups in total. The van der Waals surface area contributed by atoms with E-state index in [1.54, 1.807) is 5.38 Å². The Morgan fingerprint density at radius 2 is 2.30 bits per heavy atom. The number of nitrogens with zero attached hydrogens (tertiary/aromatic N) is 1. The van der Waals surface area contributed by atoms with Crippen LogP contribution in [0.3, 0.4) is 0 Å². The topological polar surface area (TPSA) is 51.2 Å². The quantitative estimate of drug-likeness (QED) is 0.918. The van der Waals surface area contributed by atoms with Crippen LogP contribution in [0.4, 0.5) is 5.69 Å². The maximum atomic E-state index is 11.9. The number of rotatable bonds is 4. The van der Waals surface area contributed by atoms with Gasteiger partial charge in [0.2, 0.25) is 5.91 Å². The molecule has 0 spiro atoms. The molecule has 4 nitrogen and oxygen atoms in total. The van der Waals surface area contributed by atoms with Gasteiger partial charge in [-0.2, -0.15) is 4.98 Å². The molecule has 1 aliphatic rings. The van der Waals surface area contributed by atoms with Crippen molar-refractivity contribution in [2.24, 2.45) is 5.92 Å². The third kappa shape index (κ3) is 3.11. The van der Waals surface area contributed by atoms with Crippen LogP contribution in [0.5, 0.6) is 10.9 Å². The molecule has 1 saturated carbocycles. The number of hydrogen-bond donors (Lipinski definition) is 1. The van der Waals surface area contributed by atoms with Crippen molar-refractivity contribution in [1.82, 2.24) is 4.98 Å². The third-order valence-electron chi connectivity index (χ3n) is 3.00. The molecule has 2 aromatic rings. The van der Waals surface area contributed by atoms with E-state index in [1.165, 1.54) is 11.3 Å². The zero-order valence-corrected chi connectivity index (χ0v) is 12.4. The Labute approximate surface area is 125 Å². The molecule has 1 aliphatic carbocycles. The minimum atomic E-state index is 0.0517. The van der Waals surface area contributed by atoms with Gasteiger partial charge in [-0.15, -0.1) is 0 Å². The van der Waals surface area contributed by atoms with Gasteiger partial charge in [0.15, 0.2) is 5.75 Å². The predicted octanol–water partition coefficient (Wildman–Crippen LogP) is 4.25. The highest BCUT2D eigenvalue weighted by atomic mass is 35.5. The van der Waals surface area contributed by atoms with E-state index in [1.807, 2.05) is 25.1 Å². The molecular formula is C14H13ClN2O2S. The van der Waals surface area contributed by atoms with Crippen molar-refractivity contribution in [2.75, 3.05) is 5.32 Å². The lowest BCUT2D eigenvalue weighted by Gasteiger charge is -2.11. The number of thiazole rings is 1. The van der Waals surface area contributed by atoms with Gasteiger partial charge in [0.05, 0.1) is 5.69 Å². The standard InChI is InChI=1S/C14H13ClN2O2S/c1-8-2-5-10(16-13(18)9-3-4-9)11(6-8)19-14-17-12(15)7-20-14/h2,5-7,9H,3-4H2,1H3,(H,16,18). The van der Waals surface area contributed by atoms with Crippen molar-refractivity contribution < 1.29 is 9.53 Å². The Kier molecular flexibility index (Phi) is 3.63. The first-order chi connectivity index (χ1) is 9.61. The molecule has 0 saturated heterocycles. The molecule has 1 heterocycles. The van der Waals surface area contributed by atoms with Gasteiger partial charge in [0.25, 0.3) is 5.19 Å². The van der Waals surface area contributed by atoms with E-state index in [4.69, 9.17) is 16.3 Å². The molecule has 6 heteroatoms. The molecule has 0 unspecified atom stereocenters. The summed E-state index contributed by atoms with van der Waals surface area (Å²) in [5, 5.41) is 5.47. The van der Waals surface area contributed by atoms with E-state index in [-0.39, 0.29) is 11.8 Å². The number of aromatic nitrogens is 1. The zero-order chi connectivity index (χ0) is 14.1. The van der Waals surface area contributed by atoms with Crippen LogP contribution in [0, 0.1) is 12.8 Å². The fourth-order valence-corrected chi connectivity index (χ4v) is 2.58. The lowest BCUT2D eigenvalue weighted by molar-refractivity contribution is -0.117. The molecule has 1 aromatic carbocycles. The van der Waals surface area contributed by atoms with E-state index in [0.29, 0.717) is 21.8 Å². The average molecular weight is 309 g/mol. The first-order valence-corrected chi connectivity index (χ1v) is 7.58. The molecule has 0 atom stereocenters. The van der Waals surface area contributed by atoms with Crippen molar-refractivity contribution in [3.05, 3.63) is 34.3 Å². The number of ether oxygens (including phenoxy) is 1. The fraction of sp³-hybridized carbons (Fsp3) is 0.286. The molecule has 0 bridgehead atoms. The first kappa shape index (κ1) is 13.4. The molecule has 1 aromatic heterocycles. The van der Waals surface area contributed by atoms with Crippen LogP contribution in [-0.4, -0.2) is 10.9 Å². The Bertz CT molecular complexity index is 652. The van der Waals surface area contributed by atoms with E-state index in [9.17, 15) is 4.79 Å². The Morgan fingerprint density at radius 3 is 2.95 bits per heavy atom. The molecule has 1 fully saturated rings. The summed E-state index contributed by atoms with van der Waals surface area (Å²) >= 11 is 7.10. The summed E-state index contributed by atoms with van der Waals surface area (Å²) in [5.41, 5.74) is 1.71. The lowest BCUT2D eigenvalue weighted by atomic mass is 10.2. The summed E-state index contributed by atoms with van der Waals surface area (Å²) in [6.45, 7) is 1.97. The van der Waals surface area contributed by atoms with Crippen molar-refractivity contribution in [2.45, 2.75) is 19.8 Å². The van der Waals surface area contributed by atoms with E-state index in [0.717, 1.165) is 18.4 Å². The second-order valence-corrected chi connectivity index (χ2v) is 6.01. The van der Waals surface area contributed by atoms with Gasteiger partial charge in [0, 0.05) is 11.3 Å². The number of carbonyl (C=O) groups excluding carboxylic acids is 1. The number of anilines is 1. The monoisotopic (exact) mass is 308 g/mol. The lowest BCUT2D eigenvalue weighted by Crippen LogP contribution is -2.13. The van der Waals surface area contributed by atoms with Gasteiger partial charge in [-0.1, -0.05) is 29.0 Å². The molecule has 0 aliphatic heterocycles. The number of carbonyl (C=O) groups is 1. The van der Waals surface area contributed by atoms with Crippen LogP contribution in [0.1, 0.15) is 18.4 Å². The van der Waals surface area contributed by atoms with Crippen LogP contribution in [0.2, 0.25) is 5.15 Å². The van der Waals surface area contributed by atoms with Crippen molar-refractivity contribution in [3.8, 4) is 10.9 Å². The Morgan fingerprint density at radius 1 is 1.50 bits per heavy atom. The highest BCUT2D eigenvalue weighted by Gasteiger charge is 2.30. The van der Waals surface area contributed by atoms with Crippen molar-refractivity contribution in [3.63, 3.8) is 0 Å². The maximum absolute atomic E-state index is 11.9. The van der Waals surface area contributed by atoms with Crippen molar-refractivity contribution in [1.29, 1.82) is 0 Å². The number of hydrogen-bond acceptors (Lipinski definition) is 4. The van der Waals surface area contributed by atoms with Crippen LogP contribution >= 0.6 is 22.9 Å². The molecule has 3 rings (SSSR count). The SMILES string of the molecule is Cc1ccc(NC(=O)C2CC2)c(Oc2nc(Cl)cs2)c1. The minimum absolute atomic E-state index is 0.0517. The van der Waals surface area contributed by atoms with Gasteiger partial charge >= 0.3 is 0 Å². The van der Waals surface area contributed by atoms with Crippen LogP contribution in [0.25, 0.3) is 0 Å². The zero-order valence-electron chi connectivity index (χ0n) is 10.9. The van der Waals surface area contributed by atoms with Gasteiger partial charge in [-0.25, -0.2) is 0 Å². The molecule has 20 heavy (non-hydrogen) atoms. The summed E-state index contributed by atoms with van der Waals surface area (Å²) in [5.74, 6) is 0.791. The number of benzene rings is 1. The van der Waals surface area contributed by atoms with E-state index in [2.05, 4.69) is 10.3 Å². The molecular weight excluding hydrogens is 296 g/mol. The Balaban J connectivity index is 1.83. The van der Waals surface area contributed by atoms with Gasteiger partial charge in [-0.05, 0) is 37.5 Å². The summed E-state index contributed by atoms with van der Waals surface area (Å²) in [4.78, 5) is 15.9. The second-order valence-electron chi connectivity index (χ2n) is 4.80. The number of aryl methyl sites for hydroxylation is 1. The second kappa shape index (κ2) is 5.42. The van der Waals surface area contributed by atoms with Gasteiger partial charge < -0.3 is 10.1 Å². The summed E-state index contributed by atoms with van der Waals surface area (Å²) in [6.07, 6.45) is 1.94. The smallest absolute Gasteiger partial charge is 0.280 e. The molecule has 1 amide bonds. The number of halogens is 1. The van der Waals surface area contributed by atoms with E-state index < -0.39 is 0 Å². The van der Waals surface area contributed by atoms with Crippen molar-refractivity contribution >= 4 is 34.5 Å². The van der Waals surface area contributed by atoms with Crippen LogP contribution in [-0.2, 0) is 4.79 Å². The van der Waals surface area contributed by atoms with E-state index >= 15 is 0 Å². The summed E-state index contributed by atoms with van der Waals surface area (Å²) in [6, 6.07) is 5.65. The predicted molar refractivity (Wildman–Crippen MR) is 79.7 cm³/mol. The Hall–Kier alpha value is -1.59. The highest BCUT2D eigenvalue weighted by molar-refractivity contribution is 7.11. The molecule has 104 valence electrons. The normalized spacial score (nSPS) is 14.1. The first-order valence-electron chi connectivity index (χ1n) is 6.32. The highest BCUT2D eigenvalue weighted by Crippen LogP contribution is 2.35. The van der Waals surface area contributed by atoms with Crippen LogP contribution < -0.4 is 10.1 Å². The van der Waals surface area contributed by atoms with Gasteiger partial charge in [-0.3, -0.25) is 4.79 Å². The third-order valence-corrected chi connectivity index (χ3v) is 4.04. The fourth-order valence-electron chi connectivity index (χ4n) is 1.78. The summed E-state index contributed by atoms with van der Waals surface area (Å²) < 4.78 is 5.72. The summed E-state index contributed by atoms with van der Waals surface area (Å²) in [7, 11) is 0. The van der Waals surface area contributed by atoms with Crippen LogP contribution in [0.15, 0.2) is 23.6 Å². The average Bonchev–Trinajstić information content (AvgIpc) is 3.17. The minimum Gasteiger partial charge on any atom is -0.429 e. The maximum Gasteiger partial charge on any atom is 0.280 e. The largest absolute Gasteiger partial charge is 0.429 e. The number of amides is 1. The number of nitrogens with one attached hydrogen (secondary N) is 1.